The number of rotatable bonds is 10. The van der Waals surface area contributed by atoms with Gasteiger partial charge >= 0.3 is 0 Å². The van der Waals surface area contributed by atoms with Gasteiger partial charge in [-0.1, -0.05) is 48.0 Å². The molecule has 41 heavy (non-hydrogen) atoms. The minimum atomic E-state index is -0.343. The smallest absolute Gasteiger partial charge is 0.271 e. The van der Waals surface area contributed by atoms with Crippen molar-refractivity contribution in [3.63, 3.8) is 0 Å². The number of nitrogens with zero attached hydrogens (tertiary/aromatic N) is 2. The second-order valence-electron chi connectivity index (χ2n) is 9.10. The average Bonchev–Trinajstić information content (AvgIpc) is 3.46. The molecule has 0 saturated heterocycles. The lowest BCUT2D eigenvalue weighted by Crippen LogP contribution is -2.17. The van der Waals surface area contributed by atoms with E-state index in [0.717, 1.165) is 22.1 Å². The van der Waals surface area contributed by atoms with Gasteiger partial charge in [0.2, 0.25) is 0 Å². The summed E-state index contributed by atoms with van der Waals surface area (Å²) in [7, 11) is 1.52. The quantitative estimate of drug-likeness (QED) is 0.136. The number of aryl methyl sites for hydroxylation is 1. The van der Waals surface area contributed by atoms with Crippen molar-refractivity contribution < 1.29 is 18.7 Å². The summed E-state index contributed by atoms with van der Waals surface area (Å²) in [5.74, 6) is 0.260. The lowest BCUT2D eigenvalue weighted by molar-refractivity contribution is 0.0955. The van der Waals surface area contributed by atoms with Crippen molar-refractivity contribution in [2.75, 3.05) is 12.4 Å². The molecule has 5 rings (SSSR count). The number of methoxy groups -OCH3 is 1. The lowest BCUT2D eigenvalue weighted by Gasteiger charge is -2.11. The van der Waals surface area contributed by atoms with E-state index in [1.807, 2.05) is 48.7 Å². The van der Waals surface area contributed by atoms with Crippen LogP contribution in [-0.2, 0) is 6.61 Å². The van der Waals surface area contributed by atoms with Crippen LogP contribution in [0.2, 0.25) is 0 Å². The Bertz CT molecular complexity index is 1670. The monoisotopic (exact) mass is 566 g/mol. The van der Waals surface area contributed by atoms with Gasteiger partial charge in [0.1, 0.15) is 12.4 Å². The molecule has 1 amide bonds. The summed E-state index contributed by atoms with van der Waals surface area (Å²) in [4.78, 5) is 17.3. The number of halogens is 1. The number of hydrazone groups is 1. The van der Waals surface area contributed by atoms with Gasteiger partial charge in [-0.15, -0.1) is 11.3 Å². The molecule has 5 aromatic rings. The van der Waals surface area contributed by atoms with Crippen LogP contribution in [0, 0.1) is 12.7 Å². The van der Waals surface area contributed by atoms with Crippen molar-refractivity contribution in [3.05, 3.63) is 124 Å². The standard InChI is InChI=1S/C32H27FN4O3S/c1-21-7-14-26(15-8-21)35-32-36-28(20-41-32)23-10-12-24(13-11-23)31(38)37-34-18-22-9-16-29(30(17-22)39-2)40-19-25-5-3-4-6-27(25)33/h3-18,20H,19H2,1-2H3,(H,35,36)(H,37,38)/b34-18-. The average molecular weight is 567 g/mol. The number of aromatic nitrogens is 1. The van der Waals surface area contributed by atoms with Crippen LogP contribution in [0.3, 0.4) is 0 Å². The van der Waals surface area contributed by atoms with Gasteiger partial charge in [-0.05, 0) is 61.0 Å². The third-order valence-electron chi connectivity index (χ3n) is 6.16. The van der Waals surface area contributed by atoms with E-state index in [2.05, 4.69) is 20.8 Å². The van der Waals surface area contributed by atoms with Crippen LogP contribution in [0.25, 0.3) is 11.3 Å². The SMILES string of the molecule is COc1cc(/C=N\NC(=O)c2ccc(-c3csc(Nc4ccc(C)cc4)n3)cc2)ccc1OCc1ccccc1F. The Hall–Kier alpha value is -5.02. The van der Waals surface area contributed by atoms with Gasteiger partial charge in [0, 0.05) is 27.8 Å². The number of carbonyl (C=O) groups is 1. The molecule has 4 aromatic carbocycles. The Morgan fingerprint density at radius 2 is 1.78 bits per heavy atom. The van der Waals surface area contributed by atoms with Crippen LogP contribution in [0.5, 0.6) is 11.5 Å². The molecule has 0 unspecified atom stereocenters. The highest BCUT2D eigenvalue weighted by molar-refractivity contribution is 7.14. The molecule has 0 spiro atoms. The van der Waals surface area contributed by atoms with Crippen molar-refractivity contribution in [2.45, 2.75) is 13.5 Å². The molecule has 0 bridgehead atoms. The van der Waals surface area contributed by atoms with E-state index < -0.39 is 0 Å². The third kappa shape index (κ3) is 7.14. The zero-order chi connectivity index (χ0) is 28.6. The third-order valence-corrected chi connectivity index (χ3v) is 6.92. The molecule has 0 aliphatic rings. The van der Waals surface area contributed by atoms with E-state index in [4.69, 9.17) is 9.47 Å². The predicted octanol–water partition coefficient (Wildman–Crippen LogP) is 7.35. The summed E-state index contributed by atoms with van der Waals surface area (Å²) >= 11 is 1.52. The minimum absolute atomic E-state index is 0.0687. The molecule has 0 radical (unpaired) electrons. The zero-order valence-electron chi connectivity index (χ0n) is 22.4. The molecule has 0 atom stereocenters. The number of hydrogen-bond acceptors (Lipinski definition) is 7. The number of anilines is 2. The number of hydrogen-bond donors (Lipinski definition) is 2. The number of carbonyl (C=O) groups excluding carboxylic acids is 1. The fourth-order valence-corrected chi connectivity index (χ4v) is 4.64. The van der Waals surface area contributed by atoms with E-state index in [-0.39, 0.29) is 18.3 Å². The second-order valence-corrected chi connectivity index (χ2v) is 9.95. The van der Waals surface area contributed by atoms with Gasteiger partial charge in [-0.2, -0.15) is 5.10 Å². The Kier molecular flexibility index (Phi) is 8.66. The predicted molar refractivity (Wildman–Crippen MR) is 161 cm³/mol. The van der Waals surface area contributed by atoms with Crippen LogP contribution >= 0.6 is 11.3 Å². The number of amides is 1. The molecule has 1 heterocycles. The minimum Gasteiger partial charge on any atom is -0.493 e. The van der Waals surface area contributed by atoms with E-state index in [1.54, 1.807) is 48.5 Å². The first-order chi connectivity index (χ1) is 20.0. The van der Waals surface area contributed by atoms with Crippen LogP contribution < -0.4 is 20.2 Å². The lowest BCUT2D eigenvalue weighted by atomic mass is 10.1. The van der Waals surface area contributed by atoms with Crippen LogP contribution in [0.1, 0.15) is 27.0 Å². The van der Waals surface area contributed by atoms with E-state index in [1.165, 1.54) is 36.3 Å². The maximum atomic E-state index is 13.9. The highest BCUT2D eigenvalue weighted by Crippen LogP contribution is 2.29. The molecule has 7 nitrogen and oxygen atoms in total. The van der Waals surface area contributed by atoms with Gasteiger partial charge in [0.25, 0.3) is 5.91 Å². The van der Waals surface area contributed by atoms with Crippen molar-refractivity contribution in [3.8, 4) is 22.8 Å². The molecule has 0 saturated carbocycles. The number of benzene rings is 4. The Labute approximate surface area is 241 Å². The van der Waals surface area contributed by atoms with E-state index in [9.17, 15) is 9.18 Å². The number of nitrogens with one attached hydrogen (secondary N) is 2. The first kappa shape index (κ1) is 27.5. The van der Waals surface area contributed by atoms with E-state index >= 15 is 0 Å². The van der Waals surface area contributed by atoms with Crippen LogP contribution in [0.4, 0.5) is 15.2 Å². The summed E-state index contributed by atoms with van der Waals surface area (Å²) in [6.45, 7) is 2.12. The van der Waals surface area contributed by atoms with Crippen LogP contribution in [0.15, 0.2) is 101 Å². The normalized spacial score (nSPS) is 10.9. The van der Waals surface area contributed by atoms with Gasteiger partial charge in [-0.3, -0.25) is 4.79 Å². The second kappa shape index (κ2) is 12.9. The highest BCUT2D eigenvalue weighted by Gasteiger charge is 2.10. The molecule has 0 aliphatic carbocycles. The molecule has 9 heteroatoms. The maximum Gasteiger partial charge on any atom is 0.271 e. The summed E-state index contributed by atoms with van der Waals surface area (Å²) in [5, 5.41) is 10.1. The van der Waals surface area contributed by atoms with Gasteiger partial charge in [0.05, 0.1) is 19.0 Å². The van der Waals surface area contributed by atoms with Gasteiger partial charge in [0.15, 0.2) is 16.6 Å². The topological polar surface area (TPSA) is 84.8 Å². The Balaban J connectivity index is 1.16. The van der Waals surface area contributed by atoms with Crippen molar-refractivity contribution in [1.29, 1.82) is 0 Å². The molecule has 206 valence electrons. The number of ether oxygens (including phenoxy) is 2. The summed E-state index contributed by atoms with van der Waals surface area (Å²) in [6.07, 6.45) is 1.51. The molecule has 1 aromatic heterocycles. The summed E-state index contributed by atoms with van der Waals surface area (Å²) < 4.78 is 25.0. The van der Waals surface area contributed by atoms with Crippen LogP contribution in [-0.4, -0.2) is 24.2 Å². The molecule has 0 aliphatic heterocycles. The molecular formula is C32H27FN4O3S. The Morgan fingerprint density at radius 3 is 2.54 bits per heavy atom. The fourth-order valence-electron chi connectivity index (χ4n) is 3.90. The molecular weight excluding hydrogens is 539 g/mol. The van der Waals surface area contributed by atoms with Gasteiger partial charge in [-0.25, -0.2) is 14.8 Å². The van der Waals surface area contributed by atoms with Crippen molar-refractivity contribution >= 4 is 34.3 Å². The van der Waals surface area contributed by atoms with Crippen molar-refractivity contribution in [1.82, 2.24) is 10.4 Å². The summed E-state index contributed by atoms with van der Waals surface area (Å²) in [6, 6.07) is 26.9. The Morgan fingerprint density at radius 1 is 1.00 bits per heavy atom. The summed E-state index contributed by atoms with van der Waals surface area (Å²) in [5.41, 5.74) is 8.05. The molecule has 0 fully saturated rings. The fraction of sp³-hybridized carbons (Fsp3) is 0.0938. The maximum absolute atomic E-state index is 13.9. The zero-order valence-corrected chi connectivity index (χ0v) is 23.2. The number of thiazole rings is 1. The van der Waals surface area contributed by atoms with Gasteiger partial charge < -0.3 is 14.8 Å². The van der Waals surface area contributed by atoms with E-state index in [0.29, 0.717) is 28.2 Å². The molecule has 2 N–H and O–H groups in total. The first-order valence-corrected chi connectivity index (χ1v) is 13.6. The highest BCUT2D eigenvalue weighted by atomic mass is 32.1. The van der Waals surface area contributed by atoms with Crippen molar-refractivity contribution in [2.24, 2.45) is 5.10 Å². The first-order valence-electron chi connectivity index (χ1n) is 12.8. The largest absolute Gasteiger partial charge is 0.493 e.